The van der Waals surface area contributed by atoms with Gasteiger partial charge in [0.25, 0.3) is 0 Å². The van der Waals surface area contributed by atoms with Crippen LogP contribution in [-0.2, 0) is 6.54 Å². The van der Waals surface area contributed by atoms with Gasteiger partial charge in [-0.05, 0) is 19.1 Å². The van der Waals surface area contributed by atoms with Crippen molar-refractivity contribution < 1.29 is 8.78 Å². The average Bonchev–Trinajstić information content (AvgIpc) is 2.60. The quantitative estimate of drug-likeness (QED) is 0.876. The second-order valence-electron chi connectivity index (χ2n) is 3.34. The fraction of sp³-hybridized carbons (Fsp3) is 0.182. The van der Waals surface area contributed by atoms with Crippen molar-refractivity contribution in [2.24, 2.45) is 5.73 Å². The van der Waals surface area contributed by atoms with Crippen LogP contribution in [0.5, 0.6) is 0 Å². The number of hydrogen-bond donors (Lipinski definition) is 1. The van der Waals surface area contributed by atoms with Crippen LogP contribution >= 0.6 is 11.3 Å². The molecule has 0 aliphatic rings. The van der Waals surface area contributed by atoms with E-state index in [9.17, 15) is 8.78 Å². The van der Waals surface area contributed by atoms with E-state index in [4.69, 9.17) is 5.73 Å². The fourth-order valence-corrected chi connectivity index (χ4v) is 2.30. The second-order valence-corrected chi connectivity index (χ2v) is 4.63. The summed E-state index contributed by atoms with van der Waals surface area (Å²) in [5.74, 6) is -1.19. The van der Waals surface area contributed by atoms with Crippen LogP contribution in [0.2, 0.25) is 0 Å². The Hall–Kier alpha value is -1.33. The van der Waals surface area contributed by atoms with E-state index < -0.39 is 11.6 Å². The normalized spacial score (nSPS) is 10.8. The zero-order chi connectivity index (χ0) is 11.7. The number of aryl methyl sites for hydroxylation is 1. The van der Waals surface area contributed by atoms with Crippen molar-refractivity contribution >= 4 is 11.3 Å². The first-order valence-electron chi connectivity index (χ1n) is 4.73. The monoisotopic (exact) mass is 240 g/mol. The number of nitrogens with two attached hydrogens (primary N) is 1. The highest BCUT2D eigenvalue weighted by Crippen LogP contribution is 2.29. The Morgan fingerprint density at radius 1 is 1.38 bits per heavy atom. The molecule has 16 heavy (non-hydrogen) atoms. The molecule has 0 atom stereocenters. The maximum absolute atomic E-state index is 13.5. The molecule has 84 valence electrons. The highest BCUT2D eigenvalue weighted by molar-refractivity contribution is 7.12. The number of rotatable bonds is 2. The van der Waals surface area contributed by atoms with E-state index in [2.05, 4.69) is 4.98 Å². The van der Waals surface area contributed by atoms with Crippen LogP contribution in [0.1, 0.15) is 9.88 Å². The Bertz CT molecular complexity index is 523. The largest absolute Gasteiger partial charge is 0.325 e. The van der Waals surface area contributed by atoms with Gasteiger partial charge in [-0.25, -0.2) is 13.8 Å². The van der Waals surface area contributed by atoms with E-state index in [1.165, 1.54) is 23.5 Å². The van der Waals surface area contributed by atoms with Crippen LogP contribution in [0.15, 0.2) is 18.2 Å². The highest BCUT2D eigenvalue weighted by Gasteiger charge is 2.13. The molecule has 0 unspecified atom stereocenters. The van der Waals surface area contributed by atoms with Gasteiger partial charge in [-0.2, -0.15) is 0 Å². The first-order valence-corrected chi connectivity index (χ1v) is 5.55. The summed E-state index contributed by atoms with van der Waals surface area (Å²) in [7, 11) is 0. The standard InChI is InChI=1S/C11H10F2N2S/c1-6-11(15-10(5-14)16-6)8-3-2-7(12)4-9(8)13/h2-4H,5,14H2,1H3. The second kappa shape index (κ2) is 4.27. The van der Waals surface area contributed by atoms with E-state index in [0.29, 0.717) is 17.8 Å². The molecule has 0 spiro atoms. The van der Waals surface area contributed by atoms with Gasteiger partial charge >= 0.3 is 0 Å². The van der Waals surface area contributed by atoms with E-state index >= 15 is 0 Å². The molecule has 0 fully saturated rings. The van der Waals surface area contributed by atoms with Crippen LogP contribution in [0.25, 0.3) is 11.3 Å². The van der Waals surface area contributed by atoms with Crippen molar-refractivity contribution in [1.29, 1.82) is 0 Å². The van der Waals surface area contributed by atoms with Gasteiger partial charge in [0.2, 0.25) is 0 Å². The number of nitrogens with zero attached hydrogens (tertiary/aromatic N) is 1. The van der Waals surface area contributed by atoms with E-state index in [-0.39, 0.29) is 0 Å². The lowest BCUT2D eigenvalue weighted by atomic mass is 10.1. The zero-order valence-electron chi connectivity index (χ0n) is 8.63. The third kappa shape index (κ3) is 1.96. The van der Waals surface area contributed by atoms with E-state index in [1.807, 2.05) is 6.92 Å². The Kier molecular flexibility index (Phi) is 2.98. The maximum Gasteiger partial charge on any atom is 0.135 e. The third-order valence-electron chi connectivity index (χ3n) is 2.20. The Balaban J connectivity index is 2.53. The summed E-state index contributed by atoms with van der Waals surface area (Å²) < 4.78 is 26.3. The summed E-state index contributed by atoms with van der Waals surface area (Å²) in [6.45, 7) is 2.17. The van der Waals surface area contributed by atoms with Gasteiger partial charge < -0.3 is 5.73 Å². The van der Waals surface area contributed by atoms with Gasteiger partial charge in [0, 0.05) is 23.1 Å². The van der Waals surface area contributed by atoms with Gasteiger partial charge in [-0.1, -0.05) is 0 Å². The molecular weight excluding hydrogens is 230 g/mol. The van der Waals surface area contributed by atoms with Crippen LogP contribution in [0.3, 0.4) is 0 Å². The predicted molar refractivity (Wildman–Crippen MR) is 60.1 cm³/mol. The van der Waals surface area contributed by atoms with Crippen LogP contribution in [0.4, 0.5) is 8.78 Å². The summed E-state index contributed by atoms with van der Waals surface area (Å²) in [5.41, 5.74) is 6.33. The van der Waals surface area contributed by atoms with Crippen LogP contribution < -0.4 is 5.73 Å². The molecule has 5 heteroatoms. The minimum Gasteiger partial charge on any atom is -0.325 e. The lowest BCUT2D eigenvalue weighted by Gasteiger charge is -2.00. The zero-order valence-corrected chi connectivity index (χ0v) is 9.44. The molecule has 0 saturated heterocycles. The minimum absolute atomic E-state index is 0.315. The molecule has 2 N–H and O–H groups in total. The summed E-state index contributed by atoms with van der Waals surface area (Å²) in [4.78, 5) is 5.10. The first kappa shape index (κ1) is 11.2. The summed E-state index contributed by atoms with van der Waals surface area (Å²) in [5, 5.41) is 0.747. The molecule has 2 aromatic rings. The molecule has 0 amide bonds. The van der Waals surface area contributed by atoms with Crippen LogP contribution in [-0.4, -0.2) is 4.98 Å². The van der Waals surface area contributed by atoms with Gasteiger partial charge in [-0.3, -0.25) is 0 Å². The molecule has 1 heterocycles. The molecule has 2 nitrogen and oxygen atoms in total. The van der Waals surface area contributed by atoms with Crippen LogP contribution in [0, 0.1) is 18.6 Å². The van der Waals surface area contributed by atoms with Gasteiger partial charge in [0.15, 0.2) is 0 Å². The van der Waals surface area contributed by atoms with Crippen molar-refractivity contribution in [2.75, 3.05) is 0 Å². The van der Waals surface area contributed by atoms with Gasteiger partial charge in [0.1, 0.15) is 16.6 Å². The van der Waals surface area contributed by atoms with Gasteiger partial charge in [0.05, 0.1) is 5.69 Å². The predicted octanol–water partition coefficient (Wildman–Crippen LogP) is 2.86. The van der Waals surface area contributed by atoms with Crippen molar-refractivity contribution in [3.63, 3.8) is 0 Å². The summed E-state index contributed by atoms with van der Waals surface area (Å²) in [6, 6.07) is 3.47. The maximum atomic E-state index is 13.5. The molecule has 1 aromatic carbocycles. The lowest BCUT2D eigenvalue weighted by Crippen LogP contribution is -1.95. The first-order chi connectivity index (χ1) is 7.61. The molecule has 1 aromatic heterocycles. The van der Waals surface area contributed by atoms with Gasteiger partial charge in [-0.15, -0.1) is 11.3 Å². The fourth-order valence-electron chi connectivity index (χ4n) is 1.47. The molecule has 0 aliphatic carbocycles. The Morgan fingerprint density at radius 2 is 2.12 bits per heavy atom. The van der Waals surface area contributed by atoms with Crippen molar-refractivity contribution in [1.82, 2.24) is 4.98 Å². The number of aromatic nitrogens is 1. The topological polar surface area (TPSA) is 38.9 Å². The summed E-state index contributed by atoms with van der Waals surface area (Å²) in [6.07, 6.45) is 0. The highest BCUT2D eigenvalue weighted by atomic mass is 32.1. The number of thiazole rings is 1. The molecule has 0 bridgehead atoms. The smallest absolute Gasteiger partial charge is 0.135 e. The molecule has 0 aliphatic heterocycles. The number of hydrogen-bond acceptors (Lipinski definition) is 3. The molecular formula is C11H10F2N2S. The Morgan fingerprint density at radius 3 is 2.69 bits per heavy atom. The Labute approximate surface area is 95.7 Å². The van der Waals surface area contributed by atoms with E-state index in [1.54, 1.807) is 0 Å². The summed E-state index contributed by atoms with van der Waals surface area (Å²) >= 11 is 1.43. The SMILES string of the molecule is Cc1sc(CN)nc1-c1ccc(F)cc1F. The molecule has 0 saturated carbocycles. The number of halogens is 2. The van der Waals surface area contributed by atoms with Crippen molar-refractivity contribution in [2.45, 2.75) is 13.5 Å². The molecule has 2 rings (SSSR count). The van der Waals surface area contributed by atoms with Crippen molar-refractivity contribution in [3.8, 4) is 11.3 Å². The minimum atomic E-state index is -0.600. The number of benzene rings is 1. The van der Waals surface area contributed by atoms with E-state index in [0.717, 1.165) is 16.0 Å². The average molecular weight is 240 g/mol. The third-order valence-corrected chi connectivity index (χ3v) is 3.19. The molecule has 0 radical (unpaired) electrons. The lowest BCUT2D eigenvalue weighted by molar-refractivity contribution is 0.585. The van der Waals surface area contributed by atoms with Crippen molar-refractivity contribution in [3.05, 3.63) is 39.7 Å².